The molecule has 0 heterocycles. The second-order valence-corrected chi connectivity index (χ2v) is 28.3. The molecule has 510 valence electrons. The zero-order valence-electron chi connectivity index (χ0n) is 55.8. The van der Waals surface area contributed by atoms with E-state index < -0.39 is 97.5 Å². The lowest BCUT2D eigenvalue weighted by molar-refractivity contribution is -0.161. The van der Waals surface area contributed by atoms with Gasteiger partial charge in [0.1, 0.15) is 19.3 Å². The number of phosphoric ester groups is 2. The van der Waals surface area contributed by atoms with Gasteiger partial charge >= 0.3 is 39.5 Å². The summed E-state index contributed by atoms with van der Waals surface area (Å²) in [6.07, 6.45) is 40.3. The van der Waals surface area contributed by atoms with Crippen LogP contribution in [0.1, 0.15) is 331 Å². The Morgan fingerprint density at radius 2 is 0.593 bits per heavy atom. The van der Waals surface area contributed by atoms with Crippen LogP contribution in [0.15, 0.2) is 0 Å². The van der Waals surface area contributed by atoms with E-state index in [4.69, 9.17) is 37.0 Å². The fourth-order valence-electron chi connectivity index (χ4n) is 9.98. The molecule has 0 spiro atoms. The molecule has 19 heteroatoms. The molecule has 0 amide bonds. The molecule has 17 nitrogen and oxygen atoms in total. The van der Waals surface area contributed by atoms with Crippen LogP contribution in [0.3, 0.4) is 0 Å². The van der Waals surface area contributed by atoms with E-state index in [2.05, 4.69) is 48.5 Å². The molecule has 3 unspecified atom stereocenters. The number of ether oxygens (including phenoxy) is 4. The summed E-state index contributed by atoms with van der Waals surface area (Å²) >= 11 is 0. The van der Waals surface area contributed by atoms with Crippen LogP contribution in [0.4, 0.5) is 0 Å². The van der Waals surface area contributed by atoms with Crippen molar-refractivity contribution in [3.05, 3.63) is 0 Å². The van der Waals surface area contributed by atoms with Crippen LogP contribution in [0, 0.1) is 17.8 Å². The van der Waals surface area contributed by atoms with Gasteiger partial charge in [-0.3, -0.25) is 37.3 Å². The summed E-state index contributed by atoms with van der Waals surface area (Å²) in [5.41, 5.74) is 0. The fraction of sp³-hybridized carbons (Fsp3) is 0.940. The standard InChI is InChI=1S/C67H130O17P2/c1-8-10-11-12-13-14-21-26-34-41-48-64(69)78-55-63(84-67(72)51-44-37-30-29-33-40-47-60(7)9-2)57-82-86(75,76)80-53-61(68)52-79-85(73,74)81-56-62(83-66(71)50-43-36-28-23-18-16-20-25-32-39-46-59(5)6)54-77-65(70)49-42-35-27-22-17-15-19-24-31-38-45-58(3)4/h58-63,68H,8-57H2,1-7H3,(H,73,74)(H,75,76)/t60?,61-,62-,63-/m1/s1. The van der Waals surface area contributed by atoms with Crippen LogP contribution >= 0.6 is 15.6 Å². The molecule has 0 saturated heterocycles. The van der Waals surface area contributed by atoms with Gasteiger partial charge in [0.05, 0.1) is 26.4 Å². The summed E-state index contributed by atoms with van der Waals surface area (Å²) in [6.45, 7) is 11.8. The number of carbonyl (C=O) groups excluding carboxylic acids is 4. The molecule has 86 heavy (non-hydrogen) atoms. The van der Waals surface area contributed by atoms with Crippen LogP contribution in [0.5, 0.6) is 0 Å². The highest BCUT2D eigenvalue weighted by Crippen LogP contribution is 2.45. The molecular formula is C67H130O17P2. The maximum absolute atomic E-state index is 13.0. The molecule has 0 aromatic heterocycles. The lowest BCUT2D eigenvalue weighted by atomic mass is 10.00. The van der Waals surface area contributed by atoms with Crippen molar-refractivity contribution in [2.24, 2.45) is 17.8 Å². The van der Waals surface area contributed by atoms with Gasteiger partial charge in [0.15, 0.2) is 12.2 Å². The second kappa shape index (κ2) is 58.2. The minimum atomic E-state index is -4.95. The van der Waals surface area contributed by atoms with Crippen molar-refractivity contribution in [3.63, 3.8) is 0 Å². The van der Waals surface area contributed by atoms with E-state index in [0.717, 1.165) is 108 Å². The van der Waals surface area contributed by atoms with Crippen molar-refractivity contribution in [2.45, 2.75) is 349 Å². The van der Waals surface area contributed by atoms with Gasteiger partial charge in [-0.2, -0.15) is 0 Å². The topological polar surface area (TPSA) is 237 Å². The zero-order valence-corrected chi connectivity index (χ0v) is 57.6. The second-order valence-electron chi connectivity index (χ2n) is 25.4. The minimum absolute atomic E-state index is 0.103. The highest BCUT2D eigenvalue weighted by atomic mass is 31.2. The highest BCUT2D eigenvalue weighted by Gasteiger charge is 2.30. The Labute approximate surface area is 524 Å². The predicted molar refractivity (Wildman–Crippen MR) is 344 cm³/mol. The number of esters is 4. The summed E-state index contributed by atoms with van der Waals surface area (Å²) < 4.78 is 68.1. The predicted octanol–water partition coefficient (Wildman–Crippen LogP) is 18.7. The largest absolute Gasteiger partial charge is 0.472 e. The molecule has 0 fully saturated rings. The van der Waals surface area contributed by atoms with Gasteiger partial charge < -0.3 is 33.8 Å². The van der Waals surface area contributed by atoms with Gasteiger partial charge in [0, 0.05) is 25.7 Å². The van der Waals surface area contributed by atoms with Crippen molar-refractivity contribution >= 4 is 39.5 Å². The molecule has 0 aliphatic carbocycles. The molecule has 0 radical (unpaired) electrons. The molecule has 0 aliphatic rings. The van der Waals surface area contributed by atoms with E-state index in [-0.39, 0.29) is 25.7 Å². The Morgan fingerprint density at radius 3 is 0.884 bits per heavy atom. The van der Waals surface area contributed by atoms with Gasteiger partial charge in [0.2, 0.25) is 0 Å². The molecule has 0 bridgehead atoms. The van der Waals surface area contributed by atoms with Crippen LogP contribution < -0.4 is 0 Å². The van der Waals surface area contributed by atoms with Gasteiger partial charge in [-0.05, 0) is 43.4 Å². The Hall–Kier alpha value is -1.94. The quantitative estimate of drug-likeness (QED) is 0.0222. The van der Waals surface area contributed by atoms with Crippen molar-refractivity contribution in [1.82, 2.24) is 0 Å². The average Bonchev–Trinajstić information content (AvgIpc) is 3.54. The number of hydrogen-bond acceptors (Lipinski definition) is 15. The molecule has 0 aromatic rings. The maximum atomic E-state index is 13.0. The summed E-state index contributed by atoms with van der Waals surface area (Å²) in [5.74, 6) is 0.0976. The van der Waals surface area contributed by atoms with Gasteiger partial charge in [-0.1, -0.05) is 280 Å². The Balaban J connectivity index is 5.25. The van der Waals surface area contributed by atoms with Crippen LogP contribution in [-0.2, 0) is 65.4 Å². The molecule has 6 atom stereocenters. The monoisotopic (exact) mass is 1270 g/mol. The van der Waals surface area contributed by atoms with E-state index in [9.17, 15) is 43.2 Å². The van der Waals surface area contributed by atoms with Gasteiger partial charge in [0.25, 0.3) is 0 Å². The fourth-order valence-corrected chi connectivity index (χ4v) is 11.6. The van der Waals surface area contributed by atoms with Crippen molar-refractivity contribution in [2.75, 3.05) is 39.6 Å². The summed E-state index contributed by atoms with van der Waals surface area (Å²) in [6, 6.07) is 0. The van der Waals surface area contributed by atoms with E-state index in [1.807, 2.05) is 0 Å². The first-order chi connectivity index (χ1) is 41.3. The number of aliphatic hydroxyl groups excluding tert-OH is 1. The Morgan fingerprint density at radius 1 is 0.337 bits per heavy atom. The number of hydrogen-bond donors (Lipinski definition) is 3. The summed E-state index contributed by atoms with van der Waals surface area (Å²) in [7, 11) is -9.89. The first-order valence-electron chi connectivity index (χ1n) is 34.9. The zero-order chi connectivity index (χ0) is 63.8. The molecule has 0 rings (SSSR count). The van der Waals surface area contributed by atoms with E-state index >= 15 is 0 Å². The normalized spacial score (nSPS) is 14.6. The number of unbranched alkanes of at least 4 members (excludes halogenated alkanes) is 32. The number of carbonyl (C=O) groups is 4. The molecule has 0 saturated carbocycles. The third kappa shape index (κ3) is 59.7. The van der Waals surface area contributed by atoms with Crippen LogP contribution in [0.2, 0.25) is 0 Å². The summed E-state index contributed by atoms with van der Waals surface area (Å²) in [5, 5.41) is 10.6. The molecule has 0 aromatic carbocycles. The molecule has 0 aliphatic heterocycles. The first-order valence-corrected chi connectivity index (χ1v) is 37.9. The van der Waals surface area contributed by atoms with Crippen LogP contribution in [-0.4, -0.2) is 96.7 Å². The van der Waals surface area contributed by atoms with Crippen molar-refractivity contribution in [3.8, 4) is 0 Å². The lowest BCUT2D eigenvalue weighted by Gasteiger charge is -2.21. The maximum Gasteiger partial charge on any atom is 0.472 e. The number of rotatable bonds is 65. The molecule has 3 N–H and O–H groups in total. The van der Waals surface area contributed by atoms with Crippen LogP contribution in [0.25, 0.3) is 0 Å². The summed E-state index contributed by atoms with van der Waals surface area (Å²) in [4.78, 5) is 72.4. The Bertz CT molecular complexity index is 1700. The van der Waals surface area contributed by atoms with Crippen molar-refractivity contribution in [1.29, 1.82) is 0 Å². The first kappa shape index (κ1) is 84.1. The highest BCUT2D eigenvalue weighted by molar-refractivity contribution is 7.47. The number of phosphoric acid groups is 2. The Kier molecular flexibility index (Phi) is 56.9. The third-order valence-electron chi connectivity index (χ3n) is 15.7. The minimum Gasteiger partial charge on any atom is -0.462 e. The van der Waals surface area contributed by atoms with Crippen molar-refractivity contribution < 1.29 is 80.2 Å². The van der Waals surface area contributed by atoms with E-state index in [1.54, 1.807) is 0 Å². The lowest BCUT2D eigenvalue weighted by Crippen LogP contribution is -2.30. The van der Waals surface area contributed by atoms with E-state index in [0.29, 0.717) is 25.7 Å². The average molecular weight is 1270 g/mol. The number of aliphatic hydroxyl groups is 1. The van der Waals surface area contributed by atoms with Gasteiger partial charge in [-0.15, -0.1) is 0 Å². The third-order valence-corrected chi connectivity index (χ3v) is 17.6. The van der Waals surface area contributed by atoms with E-state index in [1.165, 1.54) is 141 Å². The SMILES string of the molecule is CCCCCCCCCCCCC(=O)OC[C@H](COP(=O)(O)OC[C@H](O)COP(=O)(O)OC[C@@H](COC(=O)CCCCCCCCCCCCC(C)C)OC(=O)CCCCCCCCCCCCC(C)C)OC(=O)CCCCCCCCC(C)CC. The molecular weight excluding hydrogens is 1140 g/mol. The smallest absolute Gasteiger partial charge is 0.462 e. The van der Waals surface area contributed by atoms with Gasteiger partial charge in [-0.25, -0.2) is 9.13 Å².